The molecule has 9 heteroatoms. The number of halogens is 3. The van der Waals surface area contributed by atoms with Crippen molar-refractivity contribution in [2.75, 3.05) is 17.7 Å². The first-order chi connectivity index (χ1) is 11.7. The zero-order chi connectivity index (χ0) is 18.5. The van der Waals surface area contributed by atoms with Crippen LogP contribution in [0, 0.1) is 17.5 Å². The average molecular weight is 368 g/mol. The summed E-state index contributed by atoms with van der Waals surface area (Å²) in [6.07, 6.45) is 1.06. The van der Waals surface area contributed by atoms with E-state index in [-0.39, 0.29) is 17.0 Å². The van der Waals surface area contributed by atoms with Crippen LogP contribution in [0.2, 0.25) is 0 Å². The van der Waals surface area contributed by atoms with Gasteiger partial charge in [0.15, 0.2) is 11.0 Å². The molecule has 3 aromatic rings. The van der Waals surface area contributed by atoms with Crippen molar-refractivity contribution in [3.63, 3.8) is 0 Å². The quantitative estimate of drug-likeness (QED) is 0.534. The number of fused-ring (bicyclic) bond motifs is 1. The molecule has 130 valence electrons. The molecule has 0 bridgehead atoms. The minimum Gasteiger partial charge on any atom is -0.611 e. The molecule has 0 aliphatic heterocycles. The van der Waals surface area contributed by atoms with Crippen molar-refractivity contribution < 1.29 is 22.1 Å². The Balaban J connectivity index is 2.39. The summed E-state index contributed by atoms with van der Waals surface area (Å²) >= 11 is -2.05. The minimum absolute atomic E-state index is 0.118. The van der Waals surface area contributed by atoms with Gasteiger partial charge in [-0.1, -0.05) is 0 Å². The maximum Gasteiger partial charge on any atom is 0.229 e. The molecule has 1 atom stereocenters. The number of nitrogen functional groups attached to an aromatic ring is 2. The summed E-state index contributed by atoms with van der Waals surface area (Å²) in [6.45, 7) is 0. The zero-order valence-electron chi connectivity index (χ0n) is 12.7. The van der Waals surface area contributed by atoms with Crippen LogP contribution in [-0.2, 0) is 11.2 Å². The van der Waals surface area contributed by atoms with Crippen molar-refractivity contribution in [1.82, 2.24) is 0 Å². The summed E-state index contributed by atoms with van der Waals surface area (Å²) in [7, 11) is 0. The smallest absolute Gasteiger partial charge is 0.229 e. The van der Waals surface area contributed by atoms with Crippen molar-refractivity contribution in [2.45, 2.75) is 4.90 Å². The van der Waals surface area contributed by atoms with E-state index in [1.54, 1.807) is 0 Å². The monoisotopic (exact) mass is 368 g/mol. The second kappa shape index (κ2) is 6.01. The van der Waals surface area contributed by atoms with E-state index in [9.17, 15) is 22.5 Å². The van der Waals surface area contributed by atoms with Gasteiger partial charge >= 0.3 is 0 Å². The average Bonchev–Trinajstić information content (AvgIpc) is 2.54. The van der Waals surface area contributed by atoms with Gasteiger partial charge in [0, 0.05) is 11.6 Å². The Hall–Kier alpha value is -2.65. The summed E-state index contributed by atoms with van der Waals surface area (Å²) in [5.41, 5.74) is 8.80. The molecule has 1 heterocycles. The van der Waals surface area contributed by atoms with Crippen LogP contribution in [0.25, 0.3) is 22.3 Å². The standard InChI is InChI=1S/C16H11F3N2O3S/c1-25(23)16-12(18)14(21)11-9(22)5-10(24-15(11)13(16)19)6-2-3-8(20)7(17)4-6/h2-5H,20-21H2,1H3. The molecule has 0 aliphatic carbocycles. The lowest BCUT2D eigenvalue weighted by Gasteiger charge is -2.12. The fourth-order valence-corrected chi connectivity index (χ4v) is 3.12. The van der Waals surface area contributed by atoms with Gasteiger partial charge in [-0.2, -0.15) is 8.78 Å². The highest BCUT2D eigenvalue weighted by molar-refractivity contribution is 7.90. The number of benzene rings is 2. The molecule has 0 radical (unpaired) electrons. The normalized spacial score (nSPS) is 12.5. The molecule has 0 saturated heterocycles. The van der Waals surface area contributed by atoms with Gasteiger partial charge in [-0.05, 0) is 29.4 Å². The van der Waals surface area contributed by atoms with E-state index >= 15 is 0 Å². The van der Waals surface area contributed by atoms with Crippen LogP contribution < -0.4 is 16.9 Å². The highest BCUT2D eigenvalue weighted by Gasteiger charge is 2.29. The van der Waals surface area contributed by atoms with Crippen molar-refractivity contribution >= 4 is 33.5 Å². The molecular formula is C16H11F3N2O3S. The number of nitrogens with two attached hydrogens (primary N) is 2. The summed E-state index contributed by atoms with van der Waals surface area (Å²) in [5.74, 6) is -3.49. The van der Waals surface area contributed by atoms with Crippen molar-refractivity contribution in [1.29, 1.82) is 0 Å². The number of hydrogen-bond acceptors (Lipinski definition) is 5. The molecule has 0 fully saturated rings. The lowest BCUT2D eigenvalue weighted by Crippen LogP contribution is -2.13. The van der Waals surface area contributed by atoms with E-state index < -0.39 is 55.6 Å². The van der Waals surface area contributed by atoms with Gasteiger partial charge in [0.2, 0.25) is 16.5 Å². The second-order valence-corrected chi connectivity index (χ2v) is 6.56. The van der Waals surface area contributed by atoms with Crippen LogP contribution in [0.4, 0.5) is 24.5 Å². The molecule has 0 spiro atoms. The maximum atomic E-state index is 14.6. The van der Waals surface area contributed by atoms with E-state index in [0.29, 0.717) is 0 Å². The van der Waals surface area contributed by atoms with Crippen LogP contribution in [0.3, 0.4) is 0 Å². The fourth-order valence-electron chi connectivity index (χ4n) is 2.41. The first kappa shape index (κ1) is 17.2. The van der Waals surface area contributed by atoms with Crippen molar-refractivity contribution in [3.05, 3.63) is 51.9 Å². The summed E-state index contributed by atoms with van der Waals surface area (Å²) in [6, 6.07) is 4.55. The predicted molar refractivity (Wildman–Crippen MR) is 89.0 cm³/mol. The SMILES string of the molecule is C[S+]([O-])c1c(F)c(N)c2c(=O)cc(-c3ccc(N)c(F)c3)oc2c1F. The molecule has 0 amide bonds. The van der Waals surface area contributed by atoms with Gasteiger partial charge in [0.05, 0.1) is 16.8 Å². The highest BCUT2D eigenvalue weighted by atomic mass is 32.2. The third-order valence-corrected chi connectivity index (χ3v) is 4.56. The van der Waals surface area contributed by atoms with E-state index in [1.807, 2.05) is 0 Å². The zero-order valence-corrected chi connectivity index (χ0v) is 13.5. The molecular weight excluding hydrogens is 357 g/mol. The first-order valence-electron chi connectivity index (χ1n) is 6.85. The topological polar surface area (TPSA) is 105 Å². The van der Waals surface area contributed by atoms with E-state index in [2.05, 4.69) is 0 Å². The third kappa shape index (κ3) is 2.71. The summed E-state index contributed by atoms with van der Waals surface area (Å²) < 4.78 is 59.2. The van der Waals surface area contributed by atoms with E-state index in [0.717, 1.165) is 18.4 Å². The molecule has 5 nitrogen and oxygen atoms in total. The Morgan fingerprint density at radius 1 is 1.12 bits per heavy atom. The van der Waals surface area contributed by atoms with Crippen LogP contribution in [0.5, 0.6) is 0 Å². The van der Waals surface area contributed by atoms with E-state index in [1.165, 1.54) is 12.1 Å². The van der Waals surface area contributed by atoms with Crippen LogP contribution in [0.1, 0.15) is 0 Å². The highest BCUT2D eigenvalue weighted by Crippen LogP contribution is 2.34. The Labute approximate surface area is 142 Å². The van der Waals surface area contributed by atoms with Gasteiger partial charge in [0.1, 0.15) is 17.8 Å². The molecule has 2 aromatic carbocycles. The van der Waals surface area contributed by atoms with Crippen LogP contribution in [0.15, 0.2) is 38.4 Å². The Morgan fingerprint density at radius 2 is 1.80 bits per heavy atom. The first-order valence-corrected chi connectivity index (χ1v) is 8.41. The van der Waals surface area contributed by atoms with Gasteiger partial charge in [-0.3, -0.25) is 4.79 Å². The predicted octanol–water partition coefficient (Wildman–Crippen LogP) is 2.78. The van der Waals surface area contributed by atoms with Gasteiger partial charge in [-0.15, -0.1) is 0 Å². The fraction of sp³-hybridized carbons (Fsp3) is 0.0625. The third-order valence-electron chi connectivity index (χ3n) is 3.62. The maximum absolute atomic E-state index is 14.6. The second-order valence-electron chi connectivity index (χ2n) is 5.24. The molecule has 25 heavy (non-hydrogen) atoms. The minimum atomic E-state index is -2.05. The molecule has 0 saturated carbocycles. The summed E-state index contributed by atoms with van der Waals surface area (Å²) in [5, 5.41) is -0.510. The molecule has 4 N–H and O–H groups in total. The lowest BCUT2D eigenvalue weighted by molar-refractivity contribution is 0.505. The number of rotatable bonds is 2. The van der Waals surface area contributed by atoms with Crippen LogP contribution >= 0.6 is 0 Å². The summed E-state index contributed by atoms with van der Waals surface area (Å²) in [4.78, 5) is 11.5. The number of hydrogen-bond donors (Lipinski definition) is 2. The lowest BCUT2D eigenvalue weighted by atomic mass is 10.1. The molecule has 1 unspecified atom stereocenters. The molecule has 3 rings (SSSR count). The number of anilines is 2. The van der Waals surface area contributed by atoms with Crippen molar-refractivity contribution in [3.8, 4) is 11.3 Å². The molecule has 1 aromatic heterocycles. The molecule has 0 aliphatic rings. The Bertz CT molecular complexity index is 1070. The van der Waals surface area contributed by atoms with E-state index in [4.69, 9.17) is 15.9 Å². The Kier molecular flexibility index (Phi) is 4.13. The Morgan fingerprint density at radius 3 is 2.40 bits per heavy atom. The van der Waals surface area contributed by atoms with Crippen molar-refractivity contribution in [2.24, 2.45) is 0 Å². The van der Waals surface area contributed by atoms with Gasteiger partial charge in [0.25, 0.3) is 0 Å². The van der Waals surface area contributed by atoms with Gasteiger partial charge in [-0.25, -0.2) is 4.39 Å². The van der Waals surface area contributed by atoms with Gasteiger partial charge < -0.3 is 20.4 Å². The largest absolute Gasteiger partial charge is 0.611 e. The van der Waals surface area contributed by atoms with Crippen LogP contribution in [-0.4, -0.2) is 10.8 Å².